The third kappa shape index (κ3) is 4.68. The molecule has 120 valence electrons. The van der Waals surface area contributed by atoms with Gasteiger partial charge in [-0.05, 0) is 58.5 Å². The van der Waals surface area contributed by atoms with Crippen LogP contribution in [0.3, 0.4) is 0 Å². The second-order valence-electron chi connectivity index (χ2n) is 4.45. The minimum Gasteiger partial charge on any atom is -0.493 e. The molecule has 0 fully saturated rings. The molecular formula is C16H14BrIN2O3. The highest BCUT2D eigenvalue weighted by atomic mass is 127. The van der Waals surface area contributed by atoms with E-state index in [4.69, 9.17) is 9.47 Å². The highest BCUT2D eigenvalue weighted by Crippen LogP contribution is 2.32. The maximum Gasteiger partial charge on any atom is 0.271 e. The van der Waals surface area contributed by atoms with E-state index in [1.54, 1.807) is 44.7 Å². The molecule has 7 heteroatoms. The highest BCUT2D eigenvalue weighted by Gasteiger charge is 2.09. The van der Waals surface area contributed by atoms with Gasteiger partial charge in [-0.2, -0.15) is 5.10 Å². The molecule has 0 bridgehead atoms. The summed E-state index contributed by atoms with van der Waals surface area (Å²) in [6.45, 7) is 0. The number of carbonyl (C=O) groups excluding carboxylic acids is 1. The molecule has 0 aromatic heterocycles. The normalized spacial score (nSPS) is 10.6. The van der Waals surface area contributed by atoms with Crippen molar-refractivity contribution < 1.29 is 14.3 Å². The number of rotatable bonds is 5. The number of hydrogen-bond acceptors (Lipinski definition) is 4. The van der Waals surface area contributed by atoms with Gasteiger partial charge >= 0.3 is 0 Å². The van der Waals surface area contributed by atoms with E-state index >= 15 is 0 Å². The molecule has 2 rings (SSSR count). The maximum atomic E-state index is 12.0. The summed E-state index contributed by atoms with van der Waals surface area (Å²) >= 11 is 5.48. The summed E-state index contributed by atoms with van der Waals surface area (Å²) < 4.78 is 12.3. The fraction of sp³-hybridized carbons (Fsp3) is 0.125. The van der Waals surface area contributed by atoms with Crippen LogP contribution >= 0.6 is 38.5 Å². The van der Waals surface area contributed by atoms with Crippen molar-refractivity contribution in [2.75, 3.05) is 14.2 Å². The molecule has 0 saturated heterocycles. The molecule has 2 aromatic rings. The van der Waals surface area contributed by atoms with E-state index in [0.29, 0.717) is 17.1 Å². The molecule has 0 spiro atoms. The average molecular weight is 489 g/mol. The summed E-state index contributed by atoms with van der Waals surface area (Å²) in [6.07, 6.45) is 1.56. The summed E-state index contributed by atoms with van der Waals surface area (Å²) in [5.41, 5.74) is 3.81. The molecule has 23 heavy (non-hydrogen) atoms. The van der Waals surface area contributed by atoms with E-state index in [-0.39, 0.29) is 5.91 Å². The van der Waals surface area contributed by atoms with Crippen molar-refractivity contribution in [2.45, 2.75) is 0 Å². The van der Waals surface area contributed by atoms with Crippen LogP contribution in [0.4, 0.5) is 0 Å². The molecule has 1 amide bonds. The van der Waals surface area contributed by atoms with Crippen molar-refractivity contribution in [1.82, 2.24) is 5.43 Å². The zero-order chi connectivity index (χ0) is 16.8. The molecule has 0 heterocycles. The van der Waals surface area contributed by atoms with Gasteiger partial charge in [0.25, 0.3) is 5.91 Å². The Hall–Kier alpha value is -1.61. The van der Waals surface area contributed by atoms with Gasteiger partial charge in [0.2, 0.25) is 0 Å². The monoisotopic (exact) mass is 488 g/mol. The van der Waals surface area contributed by atoms with Gasteiger partial charge in [-0.15, -0.1) is 0 Å². The first-order chi connectivity index (χ1) is 11.0. The predicted molar refractivity (Wildman–Crippen MR) is 101 cm³/mol. The first-order valence-corrected chi connectivity index (χ1v) is 8.43. The van der Waals surface area contributed by atoms with Gasteiger partial charge in [-0.25, -0.2) is 5.43 Å². The lowest BCUT2D eigenvalue weighted by Crippen LogP contribution is -2.17. The first kappa shape index (κ1) is 17.7. The van der Waals surface area contributed by atoms with E-state index < -0.39 is 0 Å². The van der Waals surface area contributed by atoms with Crippen molar-refractivity contribution in [3.8, 4) is 11.5 Å². The van der Waals surface area contributed by atoms with Crippen molar-refractivity contribution in [2.24, 2.45) is 5.10 Å². The van der Waals surface area contributed by atoms with Crippen LogP contribution < -0.4 is 14.9 Å². The zero-order valence-corrected chi connectivity index (χ0v) is 16.2. The molecule has 0 aliphatic carbocycles. The van der Waals surface area contributed by atoms with Gasteiger partial charge in [0.1, 0.15) is 0 Å². The van der Waals surface area contributed by atoms with Crippen LogP contribution in [-0.4, -0.2) is 26.3 Å². The number of benzene rings is 2. The lowest BCUT2D eigenvalue weighted by molar-refractivity contribution is 0.0955. The third-order valence-electron chi connectivity index (χ3n) is 2.92. The molecule has 0 aliphatic rings. The predicted octanol–water partition coefficient (Wildman–Crippen LogP) is 3.83. The maximum absolute atomic E-state index is 12.0. The summed E-state index contributed by atoms with van der Waals surface area (Å²) in [4.78, 5) is 12.0. The van der Waals surface area contributed by atoms with Crippen LogP contribution in [0.1, 0.15) is 15.9 Å². The van der Waals surface area contributed by atoms with E-state index in [1.807, 2.05) is 12.1 Å². The fourth-order valence-electron chi connectivity index (χ4n) is 1.87. The Balaban J connectivity index is 2.11. The van der Waals surface area contributed by atoms with Crippen LogP contribution in [0.25, 0.3) is 0 Å². The lowest BCUT2D eigenvalue weighted by atomic mass is 10.2. The molecule has 0 atom stereocenters. The number of carbonyl (C=O) groups is 1. The molecule has 0 aliphatic heterocycles. The van der Waals surface area contributed by atoms with Crippen molar-refractivity contribution in [3.63, 3.8) is 0 Å². The Morgan fingerprint density at radius 1 is 1.26 bits per heavy atom. The number of nitrogens with zero attached hydrogens (tertiary/aromatic N) is 1. The smallest absolute Gasteiger partial charge is 0.271 e. The molecule has 2 aromatic carbocycles. The summed E-state index contributed by atoms with van der Waals surface area (Å²) in [5, 5.41) is 3.98. The highest BCUT2D eigenvalue weighted by molar-refractivity contribution is 14.1. The zero-order valence-electron chi connectivity index (χ0n) is 12.5. The first-order valence-electron chi connectivity index (χ1n) is 6.55. The van der Waals surface area contributed by atoms with Crippen LogP contribution in [0, 0.1) is 3.57 Å². The lowest BCUT2D eigenvalue weighted by Gasteiger charge is -2.10. The quantitative estimate of drug-likeness (QED) is 0.395. The second kappa shape index (κ2) is 8.30. The number of ether oxygens (including phenoxy) is 2. The van der Waals surface area contributed by atoms with Gasteiger partial charge in [0, 0.05) is 10.0 Å². The SMILES string of the molecule is COc1cc(/C=N/NC(=O)c2cccc(Br)c2)cc(I)c1OC. The topological polar surface area (TPSA) is 59.9 Å². The summed E-state index contributed by atoms with van der Waals surface area (Å²) in [6, 6.07) is 10.8. The number of hydrogen-bond donors (Lipinski definition) is 1. The molecule has 5 nitrogen and oxygen atoms in total. The number of amides is 1. The molecule has 0 radical (unpaired) electrons. The van der Waals surface area contributed by atoms with Crippen molar-refractivity contribution in [3.05, 3.63) is 55.6 Å². The Morgan fingerprint density at radius 2 is 2.04 bits per heavy atom. The number of methoxy groups -OCH3 is 2. The molecule has 0 unspecified atom stereocenters. The van der Waals surface area contributed by atoms with Crippen LogP contribution in [-0.2, 0) is 0 Å². The largest absolute Gasteiger partial charge is 0.493 e. The van der Waals surface area contributed by atoms with E-state index in [2.05, 4.69) is 49.0 Å². The fourth-order valence-corrected chi connectivity index (χ4v) is 3.12. The van der Waals surface area contributed by atoms with Crippen molar-refractivity contribution in [1.29, 1.82) is 0 Å². The van der Waals surface area contributed by atoms with E-state index in [9.17, 15) is 4.79 Å². The van der Waals surface area contributed by atoms with E-state index in [0.717, 1.165) is 13.6 Å². The van der Waals surface area contributed by atoms with Crippen LogP contribution in [0.5, 0.6) is 11.5 Å². The Labute approximate surface area is 156 Å². The Morgan fingerprint density at radius 3 is 2.70 bits per heavy atom. The average Bonchev–Trinajstić information content (AvgIpc) is 2.54. The summed E-state index contributed by atoms with van der Waals surface area (Å²) in [7, 11) is 3.16. The van der Waals surface area contributed by atoms with Gasteiger partial charge in [-0.1, -0.05) is 22.0 Å². The van der Waals surface area contributed by atoms with Gasteiger partial charge in [0.05, 0.1) is 24.0 Å². The van der Waals surface area contributed by atoms with Crippen LogP contribution in [0.2, 0.25) is 0 Å². The van der Waals surface area contributed by atoms with Gasteiger partial charge < -0.3 is 9.47 Å². The molecule has 1 N–H and O–H groups in total. The standard InChI is InChI=1S/C16H14BrIN2O3/c1-22-14-7-10(6-13(18)15(14)23-2)9-19-20-16(21)11-4-3-5-12(17)8-11/h3-9H,1-2H3,(H,20,21)/b19-9+. The number of nitrogens with one attached hydrogen (secondary N) is 1. The van der Waals surface area contributed by atoms with Crippen molar-refractivity contribution >= 4 is 50.6 Å². The molecule has 0 saturated carbocycles. The third-order valence-corrected chi connectivity index (χ3v) is 4.22. The Bertz CT molecular complexity index is 750. The minimum absolute atomic E-state index is 0.280. The van der Waals surface area contributed by atoms with Crippen LogP contribution in [0.15, 0.2) is 46.0 Å². The summed E-state index contributed by atoms with van der Waals surface area (Å²) in [5.74, 6) is 1.00. The number of halogens is 2. The molecular weight excluding hydrogens is 475 g/mol. The second-order valence-corrected chi connectivity index (χ2v) is 6.53. The number of hydrazone groups is 1. The van der Waals surface area contributed by atoms with E-state index in [1.165, 1.54) is 0 Å². The Kier molecular flexibility index (Phi) is 6.40. The van der Waals surface area contributed by atoms with Gasteiger partial charge in [0.15, 0.2) is 11.5 Å². The van der Waals surface area contributed by atoms with Gasteiger partial charge in [-0.3, -0.25) is 4.79 Å². The minimum atomic E-state index is -0.280.